The second-order valence-electron chi connectivity index (χ2n) is 5.50. The van der Waals surface area contributed by atoms with Crippen molar-refractivity contribution in [1.29, 1.82) is 0 Å². The van der Waals surface area contributed by atoms with Gasteiger partial charge in [0.15, 0.2) is 0 Å². The average Bonchev–Trinajstić information content (AvgIpc) is 2.33. The predicted molar refractivity (Wildman–Crippen MR) is 85.7 cm³/mol. The van der Waals surface area contributed by atoms with E-state index in [0.717, 1.165) is 36.2 Å². The maximum absolute atomic E-state index is 5.93. The van der Waals surface area contributed by atoms with Crippen molar-refractivity contribution in [2.75, 3.05) is 6.54 Å². The van der Waals surface area contributed by atoms with Gasteiger partial charge in [-0.3, -0.25) is 0 Å². The first-order valence-corrected chi connectivity index (χ1v) is 7.98. The normalized spacial score (nSPS) is 12.7. The molecule has 1 aromatic carbocycles. The van der Waals surface area contributed by atoms with Crippen LogP contribution in [0.2, 0.25) is 0 Å². The van der Waals surface area contributed by atoms with Gasteiger partial charge in [0, 0.05) is 11.0 Å². The summed E-state index contributed by atoms with van der Waals surface area (Å²) in [6, 6.07) is 6.23. The molecule has 0 bridgehead atoms. The van der Waals surface area contributed by atoms with E-state index in [1.807, 2.05) is 6.07 Å². The molecule has 1 aromatic rings. The van der Waals surface area contributed by atoms with Crippen molar-refractivity contribution in [3.63, 3.8) is 0 Å². The summed E-state index contributed by atoms with van der Waals surface area (Å²) in [5.74, 6) is 1.63. The third-order valence-corrected chi connectivity index (χ3v) is 3.69. The second kappa shape index (κ2) is 8.60. The Kier molecular flexibility index (Phi) is 7.47. The number of hydrogen-bond acceptors (Lipinski definition) is 2. The van der Waals surface area contributed by atoms with Gasteiger partial charge in [-0.25, -0.2) is 0 Å². The Balaban J connectivity index is 2.60. The highest BCUT2D eigenvalue weighted by molar-refractivity contribution is 9.10. The minimum absolute atomic E-state index is 0.280. The van der Waals surface area contributed by atoms with E-state index in [4.69, 9.17) is 4.74 Å². The third-order valence-electron chi connectivity index (χ3n) is 2.92. The molecule has 1 atom stereocenters. The highest BCUT2D eigenvalue weighted by Crippen LogP contribution is 2.24. The summed E-state index contributed by atoms with van der Waals surface area (Å²) < 4.78 is 7.07. The Morgan fingerprint density at radius 1 is 1.26 bits per heavy atom. The molecule has 0 heterocycles. The predicted octanol–water partition coefficient (Wildman–Crippen LogP) is 4.76. The molecule has 19 heavy (non-hydrogen) atoms. The molecule has 0 aliphatic carbocycles. The van der Waals surface area contributed by atoms with Crippen LogP contribution in [-0.4, -0.2) is 12.6 Å². The Morgan fingerprint density at radius 3 is 2.63 bits per heavy atom. The van der Waals surface area contributed by atoms with Crippen molar-refractivity contribution in [2.45, 2.75) is 53.2 Å². The second-order valence-corrected chi connectivity index (χ2v) is 6.35. The van der Waals surface area contributed by atoms with Crippen molar-refractivity contribution >= 4 is 15.9 Å². The lowest BCUT2D eigenvalue weighted by Crippen LogP contribution is -2.19. The molecule has 108 valence electrons. The maximum Gasteiger partial charge on any atom is 0.120 e. The van der Waals surface area contributed by atoms with Gasteiger partial charge in [-0.2, -0.15) is 0 Å². The fourth-order valence-corrected chi connectivity index (χ4v) is 2.34. The molecule has 0 fully saturated rings. The van der Waals surface area contributed by atoms with Crippen LogP contribution in [0.4, 0.5) is 0 Å². The molecular weight excluding hydrogens is 302 g/mol. The first-order chi connectivity index (χ1) is 9.02. The summed E-state index contributed by atoms with van der Waals surface area (Å²) in [7, 11) is 0. The van der Waals surface area contributed by atoms with Gasteiger partial charge in [0.2, 0.25) is 0 Å². The molecule has 0 saturated carbocycles. The zero-order valence-electron chi connectivity index (χ0n) is 12.5. The van der Waals surface area contributed by atoms with Crippen molar-refractivity contribution in [3.05, 3.63) is 28.2 Å². The highest BCUT2D eigenvalue weighted by atomic mass is 79.9. The summed E-state index contributed by atoms with van der Waals surface area (Å²) in [6.07, 6.45) is 2.53. The van der Waals surface area contributed by atoms with Gasteiger partial charge < -0.3 is 10.1 Å². The molecule has 3 heteroatoms. The van der Waals surface area contributed by atoms with E-state index in [2.05, 4.69) is 61.1 Å². The topological polar surface area (TPSA) is 21.3 Å². The maximum atomic E-state index is 5.93. The molecule has 0 aromatic heterocycles. The standard InChI is InChI=1S/C16H26BrNO/c1-5-6-13(4)19-15-7-8-16(17)14(9-15)11-18-10-12(2)3/h7-9,12-13,18H,5-6,10-11H2,1-4H3. The number of halogens is 1. The number of nitrogens with one attached hydrogen (secondary N) is 1. The van der Waals surface area contributed by atoms with E-state index >= 15 is 0 Å². The van der Waals surface area contributed by atoms with Crippen LogP contribution in [0.3, 0.4) is 0 Å². The average molecular weight is 328 g/mol. The van der Waals surface area contributed by atoms with Crippen molar-refractivity contribution in [3.8, 4) is 5.75 Å². The zero-order chi connectivity index (χ0) is 14.3. The van der Waals surface area contributed by atoms with Gasteiger partial charge in [-0.1, -0.05) is 43.1 Å². The quantitative estimate of drug-likeness (QED) is 0.743. The Bertz CT molecular complexity index is 379. The van der Waals surface area contributed by atoms with E-state index < -0.39 is 0 Å². The minimum Gasteiger partial charge on any atom is -0.491 e. The largest absolute Gasteiger partial charge is 0.491 e. The van der Waals surface area contributed by atoms with Crippen molar-refractivity contribution < 1.29 is 4.74 Å². The van der Waals surface area contributed by atoms with Gasteiger partial charge >= 0.3 is 0 Å². The molecule has 1 N–H and O–H groups in total. The van der Waals surface area contributed by atoms with Crippen LogP contribution in [-0.2, 0) is 6.54 Å². The summed E-state index contributed by atoms with van der Waals surface area (Å²) >= 11 is 3.60. The zero-order valence-corrected chi connectivity index (χ0v) is 14.1. The lowest BCUT2D eigenvalue weighted by atomic mass is 10.2. The summed E-state index contributed by atoms with van der Waals surface area (Å²) in [5, 5.41) is 3.46. The smallest absolute Gasteiger partial charge is 0.120 e. The van der Waals surface area contributed by atoms with Crippen molar-refractivity contribution in [1.82, 2.24) is 5.32 Å². The first kappa shape index (κ1) is 16.5. The number of ether oxygens (including phenoxy) is 1. The minimum atomic E-state index is 0.280. The molecule has 0 amide bonds. The van der Waals surface area contributed by atoms with Crippen LogP contribution in [0.15, 0.2) is 22.7 Å². The first-order valence-electron chi connectivity index (χ1n) is 7.18. The van der Waals surface area contributed by atoms with Crippen LogP contribution in [0.5, 0.6) is 5.75 Å². The van der Waals surface area contributed by atoms with Gasteiger partial charge in [-0.15, -0.1) is 0 Å². The summed E-state index contributed by atoms with van der Waals surface area (Å²) in [6.45, 7) is 10.6. The van der Waals surface area contributed by atoms with Crippen LogP contribution in [0.25, 0.3) is 0 Å². The summed E-state index contributed by atoms with van der Waals surface area (Å²) in [4.78, 5) is 0. The highest BCUT2D eigenvalue weighted by Gasteiger charge is 2.06. The van der Waals surface area contributed by atoms with E-state index in [1.54, 1.807) is 0 Å². The lowest BCUT2D eigenvalue weighted by Gasteiger charge is -2.16. The van der Waals surface area contributed by atoms with Gasteiger partial charge in [0.25, 0.3) is 0 Å². The SMILES string of the molecule is CCCC(C)Oc1ccc(Br)c(CNCC(C)C)c1. The molecule has 0 aliphatic heterocycles. The molecule has 1 rings (SSSR count). The van der Waals surface area contributed by atoms with Crippen LogP contribution in [0, 0.1) is 5.92 Å². The van der Waals surface area contributed by atoms with Gasteiger partial charge in [0.05, 0.1) is 6.10 Å². The van der Waals surface area contributed by atoms with Crippen LogP contribution >= 0.6 is 15.9 Å². The molecule has 0 spiro atoms. The summed E-state index contributed by atoms with van der Waals surface area (Å²) in [5.41, 5.74) is 1.25. The Morgan fingerprint density at radius 2 is 2.00 bits per heavy atom. The number of hydrogen-bond donors (Lipinski definition) is 1. The molecule has 0 saturated heterocycles. The molecular formula is C16H26BrNO. The third kappa shape index (κ3) is 6.44. The Labute approximate surface area is 126 Å². The lowest BCUT2D eigenvalue weighted by molar-refractivity contribution is 0.209. The van der Waals surface area contributed by atoms with Gasteiger partial charge in [-0.05, 0) is 49.6 Å². The molecule has 0 aliphatic rings. The van der Waals surface area contributed by atoms with E-state index in [1.165, 1.54) is 5.56 Å². The molecule has 1 unspecified atom stereocenters. The van der Waals surface area contributed by atoms with Crippen LogP contribution in [0.1, 0.15) is 46.1 Å². The van der Waals surface area contributed by atoms with E-state index in [-0.39, 0.29) is 6.10 Å². The van der Waals surface area contributed by atoms with E-state index in [0.29, 0.717) is 5.92 Å². The number of benzene rings is 1. The van der Waals surface area contributed by atoms with Gasteiger partial charge in [0.1, 0.15) is 5.75 Å². The monoisotopic (exact) mass is 327 g/mol. The Hall–Kier alpha value is -0.540. The fraction of sp³-hybridized carbons (Fsp3) is 0.625. The van der Waals surface area contributed by atoms with Crippen LogP contribution < -0.4 is 10.1 Å². The fourth-order valence-electron chi connectivity index (χ4n) is 1.95. The van der Waals surface area contributed by atoms with Crippen molar-refractivity contribution in [2.24, 2.45) is 5.92 Å². The van der Waals surface area contributed by atoms with E-state index in [9.17, 15) is 0 Å². The molecule has 0 radical (unpaired) electrons. The number of rotatable bonds is 8. The molecule has 2 nitrogen and oxygen atoms in total.